The number of fused-ring (bicyclic) bond motifs is 1. The zero-order chi connectivity index (χ0) is 15.4. The Balaban J connectivity index is 1.49. The number of aromatic nitrogens is 2. The average molecular weight is 304 g/mol. The van der Waals surface area contributed by atoms with E-state index in [-0.39, 0.29) is 6.61 Å². The van der Waals surface area contributed by atoms with E-state index in [2.05, 4.69) is 20.0 Å². The minimum absolute atomic E-state index is 0.231. The van der Waals surface area contributed by atoms with Crippen molar-refractivity contribution in [3.05, 3.63) is 30.0 Å². The van der Waals surface area contributed by atoms with Gasteiger partial charge in [0.15, 0.2) is 0 Å². The van der Waals surface area contributed by atoms with E-state index in [1.807, 2.05) is 18.2 Å². The number of aromatic amines is 1. The maximum absolute atomic E-state index is 10.4. The Hall–Kier alpha value is -1.47. The third-order valence-electron chi connectivity index (χ3n) is 4.45. The number of aliphatic hydroxyl groups excluding tert-OH is 2. The largest absolute Gasteiger partial charge is 0.395 e. The Morgan fingerprint density at radius 2 is 1.86 bits per heavy atom. The van der Waals surface area contributed by atoms with Crippen molar-refractivity contribution in [2.75, 3.05) is 45.9 Å². The molecule has 1 aliphatic heterocycles. The van der Waals surface area contributed by atoms with E-state index >= 15 is 0 Å². The minimum Gasteiger partial charge on any atom is -0.395 e. The van der Waals surface area contributed by atoms with Gasteiger partial charge in [-0.25, -0.2) is 0 Å². The predicted molar refractivity (Wildman–Crippen MR) is 85.6 cm³/mol. The van der Waals surface area contributed by atoms with Gasteiger partial charge < -0.3 is 15.1 Å². The Kier molecular flexibility index (Phi) is 5.04. The second-order valence-electron chi connectivity index (χ2n) is 5.93. The molecule has 6 heteroatoms. The van der Waals surface area contributed by atoms with Gasteiger partial charge in [-0.05, 0) is 24.1 Å². The zero-order valence-corrected chi connectivity index (χ0v) is 12.8. The van der Waals surface area contributed by atoms with Gasteiger partial charge in [0.1, 0.15) is 0 Å². The smallest absolute Gasteiger partial charge is 0.0802 e. The van der Waals surface area contributed by atoms with Crippen molar-refractivity contribution in [2.45, 2.75) is 12.5 Å². The van der Waals surface area contributed by atoms with Crippen molar-refractivity contribution in [1.82, 2.24) is 20.0 Å². The van der Waals surface area contributed by atoms with Crippen LogP contribution in [0.15, 0.2) is 24.4 Å². The van der Waals surface area contributed by atoms with E-state index in [0.29, 0.717) is 0 Å². The van der Waals surface area contributed by atoms with Crippen molar-refractivity contribution in [2.24, 2.45) is 0 Å². The molecule has 1 fully saturated rings. The van der Waals surface area contributed by atoms with E-state index in [1.54, 1.807) is 6.20 Å². The number of nitrogens with zero attached hydrogens (tertiary/aromatic N) is 3. The molecule has 1 aromatic carbocycles. The highest BCUT2D eigenvalue weighted by Crippen LogP contribution is 2.21. The van der Waals surface area contributed by atoms with Gasteiger partial charge in [0, 0.05) is 44.7 Å². The van der Waals surface area contributed by atoms with Crippen molar-refractivity contribution in [3.63, 3.8) is 0 Å². The molecule has 0 bridgehead atoms. The average Bonchev–Trinajstić information content (AvgIpc) is 3.01. The second kappa shape index (κ2) is 7.19. The van der Waals surface area contributed by atoms with Crippen molar-refractivity contribution in [1.29, 1.82) is 0 Å². The van der Waals surface area contributed by atoms with Crippen LogP contribution in [0.1, 0.15) is 18.1 Å². The Bertz CT molecular complexity index is 593. The van der Waals surface area contributed by atoms with Gasteiger partial charge in [0.05, 0.1) is 24.4 Å². The molecule has 1 aromatic heterocycles. The quantitative estimate of drug-likeness (QED) is 0.728. The number of nitrogens with one attached hydrogen (secondary N) is 1. The van der Waals surface area contributed by atoms with Gasteiger partial charge in [-0.1, -0.05) is 6.07 Å². The summed E-state index contributed by atoms with van der Waals surface area (Å²) in [5.74, 6) is 0. The first kappa shape index (κ1) is 15.4. The van der Waals surface area contributed by atoms with Gasteiger partial charge in [-0.15, -0.1) is 0 Å². The Labute approximate surface area is 130 Å². The molecular formula is C16H24N4O2. The normalized spacial score (nSPS) is 18.8. The first-order chi connectivity index (χ1) is 10.8. The van der Waals surface area contributed by atoms with Crippen molar-refractivity contribution >= 4 is 10.9 Å². The monoisotopic (exact) mass is 304 g/mol. The zero-order valence-electron chi connectivity index (χ0n) is 12.8. The molecule has 2 heterocycles. The number of hydrogen-bond donors (Lipinski definition) is 3. The fraction of sp³-hybridized carbons (Fsp3) is 0.562. The summed E-state index contributed by atoms with van der Waals surface area (Å²) < 4.78 is 0. The summed E-state index contributed by atoms with van der Waals surface area (Å²) >= 11 is 0. The summed E-state index contributed by atoms with van der Waals surface area (Å²) in [6.07, 6.45) is 2.09. The van der Waals surface area contributed by atoms with Crippen LogP contribution in [0.5, 0.6) is 0 Å². The molecule has 0 radical (unpaired) electrons. The molecular weight excluding hydrogens is 280 g/mol. The molecule has 6 nitrogen and oxygen atoms in total. The summed E-state index contributed by atoms with van der Waals surface area (Å²) in [6.45, 7) is 5.91. The van der Waals surface area contributed by atoms with Crippen LogP contribution in [-0.2, 0) is 0 Å². The minimum atomic E-state index is -0.435. The van der Waals surface area contributed by atoms with Crippen LogP contribution in [0.4, 0.5) is 0 Å². The van der Waals surface area contributed by atoms with E-state index in [0.717, 1.165) is 62.2 Å². The second-order valence-corrected chi connectivity index (χ2v) is 5.93. The number of benzene rings is 1. The summed E-state index contributed by atoms with van der Waals surface area (Å²) in [7, 11) is 0. The lowest BCUT2D eigenvalue weighted by Gasteiger charge is -2.34. The lowest BCUT2D eigenvalue weighted by atomic mass is 10.0. The molecule has 3 N–H and O–H groups in total. The van der Waals surface area contributed by atoms with Gasteiger partial charge in [-0.2, -0.15) is 5.10 Å². The molecule has 1 unspecified atom stereocenters. The highest BCUT2D eigenvalue weighted by atomic mass is 16.3. The molecule has 1 saturated heterocycles. The molecule has 0 amide bonds. The summed E-state index contributed by atoms with van der Waals surface area (Å²) in [5, 5.41) is 27.3. The van der Waals surface area contributed by atoms with Crippen LogP contribution in [-0.4, -0.2) is 76.1 Å². The van der Waals surface area contributed by atoms with Crippen LogP contribution in [0.2, 0.25) is 0 Å². The topological polar surface area (TPSA) is 75.6 Å². The Morgan fingerprint density at radius 1 is 1.14 bits per heavy atom. The third kappa shape index (κ3) is 3.64. The summed E-state index contributed by atoms with van der Waals surface area (Å²) in [5.41, 5.74) is 1.95. The fourth-order valence-electron chi connectivity index (χ4n) is 3.02. The molecule has 120 valence electrons. The van der Waals surface area contributed by atoms with Crippen molar-refractivity contribution in [3.8, 4) is 0 Å². The van der Waals surface area contributed by atoms with Gasteiger partial charge >= 0.3 is 0 Å². The molecule has 1 aliphatic rings. The SMILES string of the molecule is OCCN1CCN(CCC(O)c2ccc3[nH]ncc3c2)CC1. The van der Waals surface area contributed by atoms with Crippen molar-refractivity contribution < 1.29 is 10.2 Å². The summed E-state index contributed by atoms with van der Waals surface area (Å²) in [6, 6.07) is 5.93. The van der Waals surface area contributed by atoms with E-state index in [4.69, 9.17) is 5.11 Å². The van der Waals surface area contributed by atoms with Crippen LogP contribution in [0, 0.1) is 0 Å². The van der Waals surface area contributed by atoms with Crippen LogP contribution < -0.4 is 0 Å². The number of aliphatic hydroxyl groups is 2. The highest BCUT2D eigenvalue weighted by molar-refractivity contribution is 5.78. The first-order valence-corrected chi connectivity index (χ1v) is 7.93. The summed E-state index contributed by atoms with van der Waals surface area (Å²) in [4.78, 5) is 4.66. The highest BCUT2D eigenvalue weighted by Gasteiger charge is 2.17. The number of H-pyrrole nitrogens is 1. The predicted octanol–water partition coefficient (Wildman–Crippen LogP) is 0.596. The van der Waals surface area contributed by atoms with E-state index < -0.39 is 6.10 Å². The van der Waals surface area contributed by atoms with Gasteiger partial charge in [0.2, 0.25) is 0 Å². The molecule has 3 rings (SSSR count). The lowest BCUT2D eigenvalue weighted by molar-refractivity contribution is 0.0924. The van der Waals surface area contributed by atoms with Crippen LogP contribution in [0.3, 0.4) is 0 Å². The fourth-order valence-corrected chi connectivity index (χ4v) is 3.02. The molecule has 0 saturated carbocycles. The lowest BCUT2D eigenvalue weighted by Crippen LogP contribution is -2.47. The first-order valence-electron chi connectivity index (χ1n) is 7.93. The molecule has 2 aromatic rings. The number of β-amino-alcohol motifs (C(OH)–C–C–N with tert-alkyl or cyclic N) is 1. The van der Waals surface area contributed by atoms with Crippen LogP contribution >= 0.6 is 0 Å². The maximum Gasteiger partial charge on any atom is 0.0802 e. The van der Waals surface area contributed by atoms with E-state index in [1.165, 1.54) is 0 Å². The Morgan fingerprint density at radius 3 is 2.59 bits per heavy atom. The van der Waals surface area contributed by atoms with Crippen LogP contribution in [0.25, 0.3) is 10.9 Å². The molecule has 0 aliphatic carbocycles. The number of piperazine rings is 1. The number of hydrogen-bond acceptors (Lipinski definition) is 5. The third-order valence-corrected chi connectivity index (χ3v) is 4.45. The maximum atomic E-state index is 10.4. The standard InChI is InChI=1S/C16H24N4O2/c21-10-9-20-7-5-19(6-8-20)4-3-16(22)13-1-2-15-14(11-13)12-17-18-15/h1-2,11-12,16,21-22H,3-10H2,(H,17,18). The van der Waals surface area contributed by atoms with Gasteiger partial charge in [0.25, 0.3) is 0 Å². The molecule has 1 atom stereocenters. The molecule has 0 spiro atoms. The number of rotatable bonds is 6. The van der Waals surface area contributed by atoms with Gasteiger partial charge in [-0.3, -0.25) is 10.00 Å². The molecule has 22 heavy (non-hydrogen) atoms. The van der Waals surface area contributed by atoms with E-state index in [9.17, 15) is 5.11 Å².